The maximum absolute atomic E-state index is 14.0. The van der Waals surface area contributed by atoms with Crippen LogP contribution in [-0.4, -0.2) is 23.5 Å². The second-order valence-electron chi connectivity index (χ2n) is 6.07. The molecule has 1 atom stereocenters. The van der Waals surface area contributed by atoms with Crippen LogP contribution in [0.15, 0.2) is 54.6 Å². The van der Waals surface area contributed by atoms with Gasteiger partial charge < -0.3 is 10.4 Å². The summed E-state index contributed by atoms with van der Waals surface area (Å²) >= 11 is 0. The minimum absolute atomic E-state index is 0.0195. The van der Waals surface area contributed by atoms with Gasteiger partial charge in [-0.05, 0) is 24.5 Å². The van der Waals surface area contributed by atoms with E-state index in [0.29, 0.717) is 24.0 Å². The minimum atomic E-state index is -1.00. The molecule has 1 unspecified atom stereocenters. The summed E-state index contributed by atoms with van der Waals surface area (Å²) in [7, 11) is 0. The van der Waals surface area contributed by atoms with Gasteiger partial charge in [0.15, 0.2) is 0 Å². The minimum Gasteiger partial charge on any atom is -0.481 e. The van der Waals surface area contributed by atoms with Crippen LogP contribution in [0.5, 0.6) is 0 Å². The van der Waals surface area contributed by atoms with Gasteiger partial charge in [0.2, 0.25) is 5.91 Å². The molecule has 2 aromatic rings. The molecule has 1 amide bonds. The Morgan fingerprint density at radius 2 is 1.71 bits per heavy atom. The Bertz CT molecular complexity index is 756. The van der Waals surface area contributed by atoms with Gasteiger partial charge >= 0.3 is 5.97 Å². The van der Waals surface area contributed by atoms with Crippen LogP contribution in [0.2, 0.25) is 0 Å². The molecular formula is C19H18FNO3. The smallest absolute Gasteiger partial charge is 0.312 e. The molecule has 0 bridgehead atoms. The van der Waals surface area contributed by atoms with Crippen LogP contribution in [0.1, 0.15) is 29.9 Å². The van der Waals surface area contributed by atoms with Crippen molar-refractivity contribution in [1.29, 1.82) is 0 Å². The number of carbonyl (C=O) groups is 2. The molecule has 0 saturated heterocycles. The summed E-state index contributed by atoms with van der Waals surface area (Å²) in [6.07, 6.45) is 1.14. The molecule has 3 rings (SSSR count). The van der Waals surface area contributed by atoms with E-state index in [1.165, 1.54) is 6.07 Å². The Hall–Kier alpha value is -2.69. The van der Waals surface area contributed by atoms with Gasteiger partial charge in [0, 0.05) is 12.1 Å². The van der Waals surface area contributed by atoms with E-state index in [-0.39, 0.29) is 12.5 Å². The van der Waals surface area contributed by atoms with Crippen molar-refractivity contribution in [3.63, 3.8) is 0 Å². The van der Waals surface area contributed by atoms with Crippen molar-refractivity contribution >= 4 is 11.9 Å². The number of hydrogen-bond donors (Lipinski definition) is 2. The number of aliphatic carboxylic acids is 1. The van der Waals surface area contributed by atoms with E-state index in [0.717, 1.165) is 0 Å². The van der Waals surface area contributed by atoms with Crippen LogP contribution in [0.4, 0.5) is 4.39 Å². The van der Waals surface area contributed by atoms with Gasteiger partial charge in [-0.2, -0.15) is 0 Å². The second-order valence-corrected chi connectivity index (χ2v) is 6.07. The first-order valence-corrected chi connectivity index (χ1v) is 7.86. The standard InChI is InChI=1S/C19H18FNO3/c20-16-9-5-4-8-15(16)19(10-11-19)18(24)21-12-14(17(22)23)13-6-2-1-3-7-13/h1-9,14H,10-12H2,(H,21,24)(H,22,23). The Labute approximate surface area is 139 Å². The third-order valence-corrected chi connectivity index (χ3v) is 4.54. The molecule has 2 N–H and O–H groups in total. The quantitative estimate of drug-likeness (QED) is 0.857. The Balaban J connectivity index is 1.73. The molecule has 1 aliphatic carbocycles. The van der Waals surface area contributed by atoms with Crippen molar-refractivity contribution in [2.45, 2.75) is 24.2 Å². The molecule has 2 aromatic carbocycles. The average Bonchev–Trinajstić information content (AvgIpc) is 3.38. The topological polar surface area (TPSA) is 66.4 Å². The number of carbonyl (C=O) groups excluding carboxylic acids is 1. The van der Waals surface area contributed by atoms with Crippen LogP contribution in [0, 0.1) is 5.82 Å². The molecule has 1 aliphatic rings. The molecule has 0 aromatic heterocycles. The van der Waals surface area contributed by atoms with E-state index in [2.05, 4.69) is 5.32 Å². The molecule has 0 spiro atoms. The predicted octanol–water partition coefficient (Wildman–Crippen LogP) is 2.84. The van der Waals surface area contributed by atoms with E-state index in [1.807, 2.05) is 0 Å². The van der Waals surface area contributed by atoms with Crippen LogP contribution in [0.3, 0.4) is 0 Å². The third kappa shape index (κ3) is 3.02. The number of benzene rings is 2. The lowest BCUT2D eigenvalue weighted by Gasteiger charge is -2.19. The van der Waals surface area contributed by atoms with Gasteiger partial charge in [-0.1, -0.05) is 48.5 Å². The van der Waals surface area contributed by atoms with E-state index >= 15 is 0 Å². The molecule has 0 heterocycles. The first-order chi connectivity index (χ1) is 11.5. The summed E-state index contributed by atoms with van der Waals surface area (Å²) in [4.78, 5) is 24.1. The number of rotatable bonds is 6. The second kappa shape index (κ2) is 6.43. The zero-order valence-corrected chi connectivity index (χ0v) is 13.0. The summed E-state index contributed by atoms with van der Waals surface area (Å²) in [5, 5.41) is 12.1. The lowest BCUT2D eigenvalue weighted by molar-refractivity contribution is -0.138. The van der Waals surface area contributed by atoms with Gasteiger partial charge in [0.1, 0.15) is 5.82 Å². The fraction of sp³-hybridized carbons (Fsp3) is 0.263. The zero-order chi connectivity index (χ0) is 17.2. The molecule has 5 heteroatoms. The van der Waals surface area contributed by atoms with Crippen molar-refractivity contribution in [2.24, 2.45) is 0 Å². The van der Waals surface area contributed by atoms with Crippen LogP contribution in [0.25, 0.3) is 0 Å². The van der Waals surface area contributed by atoms with Crippen molar-refractivity contribution in [3.8, 4) is 0 Å². The molecule has 124 valence electrons. The highest BCUT2D eigenvalue weighted by molar-refractivity contribution is 5.91. The number of hydrogen-bond acceptors (Lipinski definition) is 2. The number of nitrogens with one attached hydrogen (secondary N) is 1. The number of halogens is 1. The first kappa shape index (κ1) is 16.2. The van der Waals surface area contributed by atoms with Crippen LogP contribution >= 0.6 is 0 Å². The monoisotopic (exact) mass is 327 g/mol. The molecule has 1 fully saturated rings. The largest absolute Gasteiger partial charge is 0.481 e. The maximum Gasteiger partial charge on any atom is 0.312 e. The van der Waals surface area contributed by atoms with E-state index in [9.17, 15) is 19.1 Å². The summed E-state index contributed by atoms with van der Waals surface area (Å²) in [5.41, 5.74) is 0.153. The fourth-order valence-corrected chi connectivity index (χ4v) is 2.99. The summed E-state index contributed by atoms with van der Waals surface area (Å²) < 4.78 is 14.0. The summed E-state index contributed by atoms with van der Waals surface area (Å²) in [5.74, 6) is -2.54. The van der Waals surface area contributed by atoms with Crippen LogP contribution in [-0.2, 0) is 15.0 Å². The van der Waals surface area contributed by atoms with E-state index in [1.54, 1.807) is 48.5 Å². The van der Waals surface area contributed by atoms with Gasteiger partial charge in [-0.3, -0.25) is 9.59 Å². The van der Waals surface area contributed by atoms with Crippen molar-refractivity contribution in [2.75, 3.05) is 6.54 Å². The van der Waals surface area contributed by atoms with Gasteiger partial charge in [0.05, 0.1) is 11.3 Å². The zero-order valence-electron chi connectivity index (χ0n) is 13.0. The Morgan fingerprint density at radius 1 is 1.08 bits per heavy atom. The molecule has 24 heavy (non-hydrogen) atoms. The molecule has 0 aliphatic heterocycles. The fourth-order valence-electron chi connectivity index (χ4n) is 2.99. The molecule has 4 nitrogen and oxygen atoms in total. The predicted molar refractivity (Wildman–Crippen MR) is 87.1 cm³/mol. The first-order valence-electron chi connectivity index (χ1n) is 7.86. The molecule has 1 saturated carbocycles. The highest BCUT2D eigenvalue weighted by atomic mass is 19.1. The lowest BCUT2D eigenvalue weighted by Crippen LogP contribution is -2.39. The van der Waals surface area contributed by atoms with Gasteiger partial charge in [-0.25, -0.2) is 4.39 Å². The Morgan fingerprint density at radius 3 is 2.29 bits per heavy atom. The normalized spacial score (nSPS) is 16.2. The highest BCUT2D eigenvalue weighted by Crippen LogP contribution is 2.49. The van der Waals surface area contributed by atoms with Crippen molar-refractivity contribution in [3.05, 3.63) is 71.5 Å². The molecular weight excluding hydrogens is 309 g/mol. The highest BCUT2D eigenvalue weighted by Gasteiger charge is 2.52. The van der Waals surface area contributed by atoms with E-state index in [4.69, 9.17) is 0 Å². The Kier molecular flexibility index (Phi) is 4.34. The molecule has 0 radical (unpaired) electrons. The number of carboxylic acid groups (broad SMARTS) is 1. The average molecular weight is 327 g/mol. The summed E-state index contributed by atoms with van der Waals surface area (Å²) in [6, 6.07) is 15.0. The van der Waals surface area contributed by atoms with E-state index < -0.39 is 23.1 Å². The van der Waals surface area contributed by atoms with Crippen molar-refractivity contribution < 1.29 is 19.1 Å². The van der Waals surface area contributed by atoms with Crippen molar-refractivity contribution in [1.82, 2.24) is 5.32 Å². The number of amides is 1. The third-order valence-electron chi connectivity index (χ3n) is 4.54. The maximum atomic E-state index is 14.0. The lowest BCUT2D eigenvalue weighted by atomic mass is 9.93. The SMILES string of the molecule is O=C(O)C(CNC(=O)C1(c2ccccc2F)CC1)c1ccccc1. The number of carboxylic acids is 1. The summed E-state index contributed by atoms with van der Waals surface area (Å²) in [6.45, 7) is -0.0195. The van der Waals surface area contributed by atoms with Gasteiger partial charge in [0.25, 0.3) is 0 Å². The van der Waals surface area contributed by atoms with Gasteiger partial charge in [-0.15, -0.1) is 0 Å². The van der Waals surface area contributed by atoms with Crippen LogP contribution < -0.4 is 5.32 Å².